The highest BCUT2D eigenvalue weighted by atomic mass is 35.5. The lowest BCUT2D eigenvalue weighted by molar-refractivity contribution is 0.0624. The zero-order valence-electron chi connectivity index (χ0n) is 49.9. The minimum atomic E-state index is -1.00. The predicted molar refractivity (Wildman–Crippen MR) is 340 cm³/mol. The zero-order chi connectivity index (χ0) is 62.6. The van der Waals surface area contributed by atoms with Gasteiger partial charge in [0.25, 0.3) is 5.91 Å². The smallest absolute Gasteiger partial charge is 0.413 e. The second-order valence-electron chi connectivity index (χ2n) is 21.9. The van der Waals surface area contributed by atoms with Crippen molar-refractivity contribution < 1.29 is 39.5 Å². The Bertz CT molecular complexity index is 4080. The van der Waals surface area contributed by atoms with Crippen LogP contribution in [0.1, 0.15) is 116 Å². The number of nitrogens with one attached hydrogen (secondary N) is 3. The van der Waals surface area contributed by atoms with Crippen LogP contribution in [0.5, 0.6) is 0 Å². The normalized spacial score (nSPS) is 11.2. The maximum atomic E-state index is 13.4. The van der Waals surface area contributed by atoms with Crippen molar-refractivity contribution in [2.45, 2.75) is 114 Å². The Labute approximate surface area is 510 Å². The van der Waals surface area contributed by atoms with E-state index in [1.807, 2.05) is 147 Å². The average molecular weight is 1210 g/mol. The molecule has 3 aromatic carbocycles. The Morgan fingerprint density at radius 2 is 1.13 bits per heavy atom. The van der Waals surface area contributed by atoms with Gasteiger partial charge in [0, 0.05) is 109 Å². The molecule has 450 valence electrons. The molecule has 0 aliphatic rings. The van der Waals surface area contributed by atoms with Crippen molar-refractivity contribution in [3.8, 4) is 0 Å². The van der Waals surface area contributed by atoms with E-state index in [2.05, 4.69) is 51.5 Å². The minimum absolute atomic E-state index is 0. The van der Waals surface area contributed by atoms with Crippen molar-refractivity contribution in [1.82, 2.24) is 39.4 Å². The number of amides is 3. The number of carbonyl (C=O) groups is 4. The number of ether oxygens (including phenoxy) is 2. The van der Waals surface area contributed by atoms with Crippen LogP contribution in [0.2, 0.25) is 10.0 Å². The standard InChI is InChI=1S/C32H32ClN5O3.C18H12ClN3O2.C13H21N3O2.CH3F.CH4/c1-19-10-24(37-31(40)41-32(3,4)5)11-20(2)25(19)16-36-30(39)27-18-38(29-8-9-34-15-26(27)29)17-21-6-7-28-22(12-21)13-23(33)14-35-28;19-13-6-12-5-11(1-2-16(12)21-7-13)9-22-10-15(18(23)24)14-8-20-4-3-17(14)22;1-8-6-11(15-9(2)10(8)7-14)16-12(17)18-13(3,4)5;1-2;/h6-15,18H,16-17H2,1-5H3,(H,36,39)(H,37,40);1-8,10H,9H2,(H,23,24);6H,7,14H2,1-5H3,(H,15,16,17);1H3;1H4/i;;;1D;. The molecule has 18 nitrogen and oxygen atoms in total. The van der Waals surface area contributed by atoms with Crippen LogP contribution in [0.25, 0.3) is 43.6 Å². The molecule has 0 saturated carbocycles. The molecule has 0 spiro atoms. The van der Waals surface area contributed by atoms with E-state index in [4.69, 9.17) is 39.8 Å². The van der Waals surface area contributed by atoms with Crippen LogP contribution < -0.4 is 21.7 Å². The van der Waals surface area contributed by atoms with Crippen LogP contribution in [0.3, 0.4) is 0 Å². The third kappa shape index (κ3) is 17.3. The topological polar surface area (TPSA) is 243 Å². The predicted octanol–water partition coefficient (Wildman–Crippen LogP) is 14.9. The number of hydrogen-bond donors (Lipinski definition) is 5. The fourth-order valence-electron chi connectivity index (χ4n) is 9.46. The van der Waals surface area contributed by atoms with Crippen LogP contribution >= 0.6 is 23.2 Å². The molecule has 21 heteroatoms. The van der Waals surface area contributed by atoms with Gasteiger partial charge in [-0.3, -0.25) is 39.8 Å². The third-order valence-corrected chi connectivity index (χ3v) is 13.5. The molecule has 10 aromatic rings. The summed E-state index contributed by atoms with van der Waals surface area (Å²) in [7, 11) is -1.00. The maximum Gasteiger partial charge on any atom is 0.413 e. The van der Waals surface area contributed by atoms with Gasteiger partial charge in [-0.25, -0.2) is 19.4 Å². The van der Waals surface area contributed by atoms with Gasteiger partial charge in [-0.15, -0.1) is 0 Å². The second-order valence-corrected chi connectivity index (χ2v) is 22.8. The molecule has 86 heavy (non-hydrogen) atoms. The molecular weight excluding hydrogens is 1140 g/mol. The van der Waals surface area contributed by atoms with Gasteiger partial charge in [0.2, 0.25) is 0 Å². The van der Waals surface area contributed by atoms with Crippen LogP contribution in [0.4, 0.5) is 25.5 Å². The molecular formula is C65H72Cl2FN11O7. The highest BCUT2D eigenvalue weighted by Crippen LogP contribution is 2.28. The summed E-state index contributed by atoms with van der Waals surface area (Å²) >= 11 is 12.2. The van der Waals surface area contributed by atoms with Crippen molar-refractivity contribution in [2.24, 2.45) is 5.73 Å². The first-order chi connectivity index (χ1) is 40.7. The number of pyridine rings is 5. The number of aromatic nitrogens is 7. The first kappa shape index (κ1) is 64.5. The van der Waals surface area contributed by atoms with Crippen LogP contribution in [0.15, 0.2) is 128 Å². The SMILES string of the molecule is C.Cc1cc(NC(=O)OC(C)(C)C)cc(C)c1CNC(=O)c1cn(Cc2ccc3ncc(Cl)cc3c2)c2ccncc12.Cc1cc(NC(=O)OC(C)(C)C)nc(C)c1CN.O=C(O)c1cn(Cc2ccc3ncc(Cl)cc3c2)c2ccncc12.[2H]CF. The molecule has 7 aromatic heterocycles. The van der Waals surface area contributed by atoms with Gasteiger partial charge in [0.15, 0.2) is 0 Å². The number of rotatable bonds is 11. The van der Waals surface area contributed by atoms with Gasteiger partial charge in [-0.05, 0) is 175 Å². The first-order valence-corrected chi connectivity index (χ1v) is 27.6. The second kappa shape index (κ2) is 28.7. The van der Waals surface area contributed by atoms with E-state index in [1.165, 1.54) is 0 Å². The van der Waals surface area contributed by atoms with E-state index in [1.54, 1.807) is 49.4 Å². The van der Waals surface area contributed by atoms with Gasteiger partial charge in [-0.2, -0.15) is 0 Å². The fraction of sp³-hybridized carbons (Fsp3) is 0.277. The fourth-order valence-corrected chi connectivity index (χ4v) is 9.79. The number of fused-ring (bicyclic) bond motifs is 4. The number of carbonyl (C=O) groups excluding carboxylic acids is 3. The Balaban J connectivity index is 0.000000222. The van der Waals surface area contributed by atoms with Crippen molar-refractivity contribution in [1.29, 1.82) is 0 Å². The summed E-state index contributed by atoms with van der Waals surface area (Å²) in [6, 6.07) is 25.0. The summed E-state index contributed by atoms with van der Waals surface area (Å²) < 4.78 is 30.0. The molecule has 0 saturated heterocycles. The highest BCUT2D eigenvalue weighted by molar-refractivity contribution is 6.31. The van der Waals surface area contributed by atoms with Gasteiger partial charge >= 0.3 is 18.2 Å². The van der Waals surface area contributed by atoms with Crippen LogP contribution in [-0.4, -0.2) is 81.6 Å². The van der Waals surface area contributed by atoms with Crippen molar-refractivity contribution in [3.63, 3.8) is 0 Å². The third-order valence-electron chi connectivity index (χ3n) is 13.1. The Morgan fingerprint density at radius 1 is 0.663 bits per heavy atom. The summed E-state index contributed by atoms with van der Waals surface area (Å²) in [4.78, 5) is 69.9. The molecule has 0 bridgehead atoms. The largest absolute Gasteiger partial charge is 0.478 e. The van der Waals surface area contributed by atoms with Crippen molar-refractivity contribution in [3.05, 3.63) is 194 Å². The number of halogens is 3. The molecule has 0 unspecified atom stereocenters. The summed E-state index contributed by atoms with van der Waals surface area (Å²) in [6.07, 6.45) is 12.5. The number of hydrogen-bond acceptors (Lipinski definition) is 12. The molecule has 0 aliphatic carbocycles. The minimum Gasteiger partial charge on any atom is -0.478 e. The number of carboxylic acids is 1. The Hall–Kier alpha value is -9.04. The van der Waals surface area contributed by atoms with E-state index >= 15 is 0 Å². The molecule has 6 N–H and O–H groups in total. The molecule has 0 fully saturated rings. The Morgan fingerprint density at radius 3 is 1.59 bits per heavy atom. The maximum absolute atomic E-state index is 13.4. The lowest BCUT2D eigenvalue weighted by atomic mass is 10.0. The van der Waals surface area contributed by atoms with Gasteiger partial charge < -0.3 is 34.8 Å². The molecule has 0 aliphatic heterocycles. The first-order valence-electron chi connectivity index (χ1n) is 27.5. The molecule has 0 radical (unpaired) electrons. The zero-order valence-corrected chi connectivity index (χ0v) is 50.4. The quantitative estimate of drug-likeness (QED) is 0.0810. The van der Waals surface area contributed by atoms with Crippen molar-refractivity contribution in [2.75, 3.05) is 17.8 Å². The number of nitrogens with zero attached hydrogens (tertiary/aromatic N) is 7. The molecule has 0 atom stereocenters. The molecule has 7 heterocycles. The van der Waals surface area contributed by atoms with Crippen LogP contribution in [-0.2, 0) is 35.7 Å². The number of aromatic carboxylic acids is 1. The molecule has 3 amide bonds. The average Bonchev–Trinajstić information content (AvgIpc) is 1.76. The van der Waals surface area contributed by atoms with Crippen molar-refractivity contribution >= 4 is 102 Å². The van der Waals surface area contributed by atoms with E-state index < -0.39 is 36.5 Å². The number of carboxylic acid groups (broad SMARTS) is 1. The van der Waals surface area contributed by atoms with Gasteiger partial charge in [0.05, 0.1) is 51.8 Å². The van der Waals surface area contributed by atoms with E-state index in [0.717, 1.165) is 82.9 Å². The van der Waals surface area contributed by atoms with E-state index in [-0.39, 0.29) is 18.9 Å². The lowest BCUT2D eigenvalue weighted by Crippen LogP contribution is -2.27. The number of aryl methyl sites for hydroxylation is 4. The lowest BCUT2D eigenvalue weighted by Gasteiger charge is -2.20. The summed E-state index contributed by atoms with van der Waals surface area (Å²) in [5.74, 6) is -0.663. The number of alkyl halides is 1. The monoisotopic (exact) mass is 1210 g/mol. The van der Waals surface area contributed by atoms with E-state index in [0.29, 0.717) is 58.7 Å². The Kier molecular flexibility index (Phi) is 21.5. The highest BCUT2D eigenvalue weighted by Gasteiger charge is 2.21. The number of benzene rings is 3. The summed E-state index contributed by atoms with van der Waals surface area (Å²) in [5, 5.41) is 22.4. The number of anilines is 2. The summed E-state index contributed by atoms with van der Waals surface area (Å²) in [5.41, 5.74) is 17.3. The number of nitrogens with two attached hydrogens (primary N) is 1. The van der Waals surface area contributed by atoms with E-state index in [9.17, 15) is 28.7 Å². The molecule has 10 rings (SSSR count). The van der Waals surface area contributed by atoms with Gasteiger partial charge in [-0.1, -0.05) is 42.8 Å². The van der Waals surface area contributed by atoms with Crippen LogP contribution in [0, 0.1) is 27.7 Å². The van der Waals surface area contributed by atoms with Gasteiger partial charge in [0.1, 0.15) is 17.0 Å². The summed E-state index contributed by atoms with van der Waals surface area (Å²) in [6.45, 7) is 20.5.